The molecule has 10 heteroatoms. The zero-order valence-corrected chi connectivity index (χ0v) is 18.2. The summed E-state index contributed by atoms with van der Waals surface area (Å²) >= 11 is 0. The maximum atomic E-state index is 13.0. The summed E-state index contributed by atoms with van der Waals surface area (Å²) in [6.45, 7) is 1.62. The number of nitrogens with one attached hydrogen (secondary N) is 1. The quantitative estimate of drug-likeness (QED) is 0.677. The van der Waals surface area contributed by atoms with Crippen molar-refractivity contribution >= 4 is 17.6 Å². The molecule has 3 amide bonds. The van der Waals surface area contributed by atoms with E-state index in [4.69, 9.17) is 9.47 Å². The molecule has 1 saturated heterocycles. The molecular weight excluding hydrogens is 439 g/mol. The van der Waals surface area contributed by atoms with Crippen LogP contribution in [0.5, 0.6) is 0 Å². The van der Waals surface area contributed by atoms with E-state index in [1.807, 2.05) is 18.2 Å². The lowest BCUT2D eigenvalue weighted by Gasteiger charge is -2.35. The lowest BCUT2D eigenvalue weighted by atomic mass is 10.1. The lowest BCUT2D eigenvalue weighted by Crippen LogP contribution is -2.52. The topological polar surface area (TPSA) is 71.1 Å². The number of methoxy groups -OCH3 is 1. The van der Waals surface area contributed by atoms with Crippen molar-refractivity contribution in [3.8, 4) is 0 Å². The number of morpholine rings is 1. The number of hydrogen-bond acceptors (Lipinski definition) is 4. The number of halogens is 3. The summed E-state index contributed by atoms with van der Waals surface area (Å²) in [5, 5.41) is 2.82. The van der Waals surface area contributed by atoms with Gasteiger partial charge in [-0.1, -0.05) is 18.2 Å². The molecule has 1 aliphatic heterocycles. The fourth-order valence-electron chi connectivity index (χ4n) is 3.45. The molecule has 0 spiro atoms. The molecule has 1 fully saturated rings. The van der Waals surface area contributed by atoms with Crippen LogP contribution in [0.1, 0.15) is 15.9 Å². The first kappa shape index (κ1) is 24.5. The first-order valence-corrected chi connectivity index (χ1v) is 10.5. The molecule has 2 aromatic carbocycles. The largest absolute Gasteiger partial charge is 0.416 e. The standard InChI is InChI=1S/C23H26F3N3O4/c1-32-13-11-28(21(30)17-7-9-18(10-8-17)23(24,25)26)15-20-16-29(12-14-33-20)22(31)27-19-5-3-2-4-6-19/h2-10,20H,11-16H2,1H3,(H,27,31)/t20-/m1/s1. The molecule has 0 saturated carbocycles. The minimum atomic E-state index is -4.48. The molecule has 1 heterocycles. The Morgan fingerprint density at radius 3 is 2.48 bits per heavy atom. The van der Waals surface area contributed by atoms with E-state index >= 15 is 0 Å². The normalized spacial score (nSPS) is 16.4. The van der Waals surface area contributed by atoms with E-state index in [1.165, 1.54) is 12.0 Å². The Bertz CT molecular complexity index is 923. The minimum absolute atomic E-state index is 0.133. The van der Waals surface area contributed by atoms with Crippen molar-refractivity contribution in [1.82, 2.24) is 9.80 Å². The van der Waals surface area contributed by atoms with Gasteiger partial charge < -0.3 is 24.6 Å². The predicted octanol–water partition coefficient (Wildman–Crippen LogP) is 3.73. The van der Waals surface area contributed by atoms with Gasteiger partial charge in [-0.25, -0.2) is 4.79 Å². The molecule has 0 aliphatic carbocycles. The molecule has 0 unspecified atom stereocenters. The number of carbonyl (C=O) groups excluding carboxylic acids is 2. The third-order valence-corrected chi connectivity index (χ3v) is 5.19. The van der Waals surface area contributed by atoms with Gasteiger partial charge in [-0.15, -0.1) is 0 Å². The second-order valence-corrected chi connectivity index (χ2v) is 7.55. The number of hydrogen-bond donors (Lipinski definition) is 1. The Hall–Kier alpha value is -3.11. The predicted molar refractivity (Wildman–Crippen MR) is 116 cm³/mol. The number of para-hydroxylation sites is 1. The van der Waals surface area contributed by atoms with Crippen LogP contribution in [0.2, 0.25) is 0 Å². The Kier molecular flexibility index (Phi) is 8.29. The zero-order chi connectivity index (χ0) is 23.8. The van der Waals surface area contributed by atoms with Crippen LogP contribution >= 0.6 is 0 Å². The van der Waals surface area contributed by atoms with E-state index in [2.05, 4.69) is 5.32 Å². The van der Waals surface area contributed by atoms with Crippen LogP contribution in [0.4, 0.5) is 23.7 Å². The molecule has 7 nitrogen and oxygen atoms in total. The minimum Gasteiger partial charge on any atom is -0.383 e. The number of rotatable bonds is 7. The fourth-order valence-corrected chi connectivity index (χ4v) is 3.45. The van der Waals surface area contributed by atoms with Gasteiger partial charge in [0.05, 0.1) is 31.4 Å². The molecule has 1 N–H and O–H groups in total. The monoisotopic (exact) mass is 465 g/mol. The van der Waals surface area contributed by atoms with Gasteiger partial charge in [-0.2, -0.15) is 13.2 Å². The van der Waals surface area contributed by atoms with E-state index in [0.29, 0.717) is 18.8 Å². The summed E-state index contributed by atoms with van der Waals surface area (Å²) in [5.41, 5.74) is -0.0171. The van der Waals surface area contributed by atoms with Gasteiger partial charge >= 0.3 is 12.2 Å². The Balaban J connectivity index is 1.65. The van der Waals surface area contributed by atoms with Gasteiger partial charge in [0, 0.05) is 38.0 Å². The molecule has 2 aromatic rings. The van der Waals surface area contributed by atoms with Crippen LogP contribution in [0.3, 0.4) is 0 Å². The number of anilines is 1. The Morgan fingerprint density at radius 1 is 1.15 bits per heavy atom. The summed E-state index contributed by atoms with van der Waals surface area (Å²) < 4.78 is 49.3. The summed E-state index contributed by atoms with van der Waals surface area (Å²) in [7, 11) is 1.49. The third-order valence-electron chi connectivity index (χ3n) is 5.19. The fraction of sp³-hybridized carbons (Fsp3) is 0.391. The number of carbonyl (C=O) groups is 2. The first-order valence-electron chi connectivity index (χ1n) is 10.5. The number of urea groups is 1. The number of amides is 3. The van der Waals surface area contributed by atoms with Crippen molar-refractivity contribution in [2.75, 3.05) is 51.8 Å². The number of alkyl halides is 3. The van der Waals surface area contributed by atoms with Crippen molar-refractivity contribution < 1.29 is 32.2 Å². The highest BCUT2D eigenvalue weighted by molar-refractivity contribution is 5.94. The van der Waals surface area contributed by atoms with Gasteiger partial charge in [-0.3, -0.25) is 4.79 Å². The van der Waals surface area contributed by atoms with Gasteiger partial charge in [0.1, 0.15) is 0 Å². The van der Waals surface area contributed by atoms with Gasteiger partial charge in [0.15, 0.2) is 0 Å². The highest BCUT2D eigenvalue weighted by atomic mass is 19.4. The molecule has 178 valence electrons. The second kappa shape index (κ2) is 11.2. The van der Waals surface area contributed by atoms with E-state index in [-0.39, 0.29) is 37.8 Å². The lowest BCUT2D eigenvalue weighted by molar-refractivity contribution is -0.137. The molecule has 0 radical (unpaired) electrons. The summed E-state index contributed by atoms with van der Waals surface area (Å²) in [4.78, 5) is 28.7. The second-order valence-electron chi connectivity index (χ2n) is 7.55. The Labute approximate surface area is 190 Å². The molecule has 0 bridgehead atoms. The van der Waals surface area contributed by atoms with Crippen LogP contribution in [-0.4, -0.2) is 74.3 Å². The average Bonchev–Trinajstić information content (AvgIpc) is 2.81. The van der Waals surface area contributed by atoms with Crippen LogP contribution in [0.25, 0.3) is 0 Å². The number of ether oxygens (including phenoxy) is 2. The van der Waals surface area contributed by atoms with Crippen LogP contribution in [0, 0.1) is 0 Å². The van der Waals surface area contributed by atoms with Gasteiger partial charge in [-0.05, 0) is 36.4 Å². The SMILES string of the molecule is COCCN(C[C@@H]1CN(C(=O)Nc2ccccc2)CCO1)C(=O)c1ccc(C(F)(F)F)cc1. The zero-order valence-electron chi connectivity index (χ0n) is 18.2. The van der Waals surface area contributed by atoms with E-state index in [0.717, 1.165) is 24.3 Å². The Morgan fingerprint density at radius 2 is 1.85 bits per heavy atom. The van der Waals surface area contributed by atoms with E-state index in [1.54, 1.807) is 17.0 Å². The van der Waals surface area contributed by atoms with Gasteiger partial charge in [0.25, 0.3) is 5.91 Å². The molecule has 0 aromatic heterocycles. The third kappa shape index (κ3) is 6.93. The van der Waals surface area contributed by atoms with Crippen LogP contribution in [0.15, 0.2) is 54.6 Å². The van der Waals surface area contributed by atoms with E-state index in [9.17, 15) is 22.8 Å². The molecule has 1 aliphatic rings. The summed E-state index contributed by atoms with van der Waals surface area (Å²) in [6.07, 6.45) is -4.92. The van der Waals surface area contributed by atoms with Crippen molar-refractivity contribution in [2.24, 2.45) is 0 Å². The maximum absolute atomic E-state index is 13.0. The summed E-state index contributed by atoms with van der Waals surface area (Å²) in [6, 6.07) is 12.9. The number of nitrogens with zero attached hydrogens (tertiary/aromatic N) is 2. The van der Waals surface area contributed by atoms with E-state index < -0.39 is 23.8 Å². The maximum Gasteiger partial charge on any atom is 0.416 e. The summed E-state index contributed by atoms with van der Waals surface area (Å²) in [5.74, 6) is -0.435. The van der Waals surface area contributed by atoms with Crippen LogP contribution < -0.4 is 5.32 Å². The van der Waals surface area contributed by atoms with Crippen molar-refractivity contribution in [3.63, 3.8) is 0 Å². The molecule has 33 heavy (non-hydrogen) atoms. The van der Waals surface area contributed by atoms with Crippen LogP contribution in [-0.2, 0) is 15.7 Å². The van der Waals surface area contributed by atoms with Crippen molar-refractivity contribution in [2.45, 2.75) is 12.3 Å². The average molecular weight is 465 g/mol. The highest BCUT2D eigenvalue weighted by Crippen LogP contribution is 2.29. The first-order chi connectivity index (χ1) is 15.8. The van der Waals surface area contributed by atoms with Gasteiger partial charge in [0.2, 0.25) is 0 Å². The molecule has 1 atom stereocenters. The number of benzene rings is 2. The highest BCUT2D eigenvalue weighted by Gasteiger charge is 2.31. The van der Waals surface area contributed by atoms with Crippen molar-refractivity contribution in [1.29, 1.82) is 0 Å². The smallest absolute Gasteiger partial charge is 0.383 e. The molecular formula is C23H26F3N3O4. The molecule has 3 rings (SSSR count). The van der Waals surface area contributed by atoms with Crippen molar-refractivity contribution in [3.05, 3.63) is 65.7 Å².